The number of hydrogen-bond acceptors (Lipinski definition) is 5. The van der Waals surface area contributed by atoms with Crippen LogP contribution < -0.4 is 10.1 Å². The lowest BCUT2D eigenvalue weighted by atomic mass is 9.98. The standard InChI is InChI=1S/C24H32N4O5S/c1-33-22-11-5-4-10-20(22)26-23(29)18-9-8-14-28(17-18)34(31,32)19-15-21(25-16-19)24(30)27-12-6-2-3-7-13-27/h4-5,10-11,15-16,18,25H,2-3,6-9,12-14,17H2,1H3,(H,26,29)/t18-/m1/s1. The van der Waals surface area contributed by atoms with Crippen molar-refractivity contribution in [3.63, 3.8) is 0 Å². The van der Waals surface area contributed by atoms with E-state index in [-0.39, 0.29) is 28.9 Å². The zero-order chi connectivity index (χ0) is 24.1. The Bertz CT molecular complexity index is 1120. The van der Waals surface area contributed by atoms with Crippen LogP contribution in [0.3, 0.4) is 0 Å². The number of nitrogens with zero attached hydrogens (tertiary/aromatic N) is 2. The van der Waals surface area contributed by atoms with Crippen molar-refractivity contribution < 1.29 is 22.7 Å². The minimum Gasteiger partial charge on any atom is -0.495 e. The largest absolute Gasteiger partial charge is 0.495 e. The Balaban J connectivity index is 1.44. The average molecular weight is 489 g/mol. The summed E-state index contributed by atoms with van der Waals surface area (Å²) in [7, 11) is -2.31. The van der Waals surface area contributed by atoms with Gasteiger partial charge in [0.2, 0.25) is 15.9 Å². The second kappa shape index (κ2) is 10.6. The number of sulfonamides is 1. The molecule has 1 aromatic heterocycles. The molecule has 2 aliphatic rings. The third-order valence-corrected chi connectivity index (χ3v) is 8.38. The highest BCUT2D eigenvalue weighted by molar-refractivity contribution is 7.89. The van der Waals surface area contributed by atoms with Gasteiger partial charge in [-0.1, -0.05) is 25.0 Å². The molecule has 0 bridgehead atoms. The van der Waals surface area contributed by atoms with Crippen molar-refractivity contribution in [1.82, 2.24) is 14.2 Å². The van der Waals surface area contributed by atoms with Gasteiger partial charge >= 0.3 is 0 Å². The zero-order valence-electron chi connectivity index (χ0n) is 19.5. The van der Waals surface area contributed by atoms with Gasteiger partial charge in [0.1, 0.15) is 16.3 Å². The summed E-state index contributed by atoms with van der Waals surface area (Å²) in [4.78, 5) is 30.5. The van der Waals surface area contributed by atoms with Crippen molar-refractivity contribution in [3.8, 4) is 5.75 Å². The first-order valence-corrected chi connectivity index (χ1v) is 13.3. The summed E-state index contributed by atoms with van der Waals surface area (Å²) >= 11 is 0. The fourth-order valence-electron chi connectivity index (χ4n) is 4.60. The second-order valence-corrected chi connectivity index (χ2v) is 10.8. The number of methoxy groups -OCH3 is 1. The molecule has 10 heteroatoms. The zero-order valence-corrected chi connectivity index (χ0v) is 20.3. The monoisotopic (exact) mass is 488 g/mol. The van der Waals surface area contributed by atoms with Crippen LogP contribution >= 0.6 is 0 Å². The predicted molar refractivity (Wildman–Crippen MR) is 128 cm³/mol. The lowest BCUT2D eigenvalue weighted by molar-refractivity contribution is -0.120. The van der Waals surface area contributed by atoms with Crippen LogP contribution in [0.25, 0.3) is 0 Å². The fourth-order valence-corrected chi connectivity index (χ4v) is 6.12. The number of nitrogens with one attached hydrogen (secondary N) is 2. The number of piperidine rings is 1. The molecule has 1 atom stereocenters. The first-order valence-electron chi connectivity index (χ1n) is 11.8. The Labute approximate surface area is 200 Å². The molecule has 0 unspecified atom stereocenters. The minimum atomic E-state index is -3.84. The highest BCUT2D eigenvalue weighted by Gasteiger charge is 2.34. The van der Waals surface area contributed by atoms with E-state index in [1.165, 1.54) is 23.7 Å². The number of rotatable bonds is 6. The molecular formula is C24H32N4O5S. The molecule has 184 valence electrons. The van der Waals surface area contributed by atoms with Gasteiger partial charge in [0.05, 0.1) is 18.7 Å². The second-order valence-electron chi connectivity index (χ2n) is 8.85. The van der Waals surface area contributed by atoms with Crippen LogP contribution in [0.5, 0.6) is 5.75 Å². The Morgan fingerprint density at radius 2 is 1.79 bits per heavy atom. The van der Waals surface area contributed by atoms with Crippen molar-refractivity contribution in [3.05, 3.63) is 42.2 Å². The summed E-state index contributed by atoms with van der Waals surface area (Å²) in [6, 6.07) is 8.53. The van der Waals surface area contributed by atoms with E-state index in [2.05, 4.69) is 10.3 Å². The molecule has 2 amide bonds. The van der Waals surface area contributed by atoms with E-state index in [0.29, 0.717) is 43.9 Å². The summed E-state index contributed by atoms with van der Waals surface area (Å²) in [6.07, 6.45) is 6.68. The molecule has 2 saturated heterocycles. The maximum atomic E-state index is 13.3. The van der Waals surface area contributed by atoms with E-state index in [4.69, 9.17) is 4.74 Å². The summed E-state index contributed by atoms with van der Waals surface area (Å²) in [5.74, 6) is -0.345. The molecule has 3 heterocycles. The molecule has 2 N–H and O–H groups in total. The maximum absolute atomic E-state index is 13.3. The van der Waals surface area contributed by atoms with Crippen molar-refractivity contribution in [1.29, 1.82) is 0 Å². The summed E-state index contributed by atoms with van der Waals surface area (Å²) in [5.41, 5.74) is 0.834. The number of carbonyl (C=O) groups excluding carboxylic acids is 2. The molecule has 9 nitrogen and oxygen atoms in total. The van der Waals surface area contributed by atoms with Crippen molar-refractivity contribution in [2.24, 2.45) is 5.92 Å². The number of benzene rings is 1. The summed E-state index contributed by atoms with van der Waals surface area (Å²) in [6.45, 7) is 1.80. The van der Waals surface area contributed by atoms with E-state index in [9.17, 15) is 18.0 Å². The average Bonchev–Trinajstić information content (AvgIpc) is 3.21. The maximum Gasteiger partial charge on any atom is 0.270 e. The van der Waals surface area contributed by atoms with E-state index in [0.717, 1.165) is 25.7 Å². The number of H-pyrrole nitrogens is 1. The lowest BCUT2D eigenvalue weighted by Crippen LogP contribution is -2.43. The molecule has 0 spiro atoms. The van der Waals surface area contributed by atoms with E-state index in [1.807, 2.05) is 6.07 Å². The Kier molecular flexibility index (Phi) is 7.57. The summed E-state index contributed by atoms with van der Waals surface area (Å²) < 4.78 is 33.2. The third-order valence-electron chi connectivity index (χ3n) is 6.54. The van der Waals surface area contributed by atoms with Gasteiger partial charge in [0.25, 0.3) is 5.91 Å². The van der Waals surface area contributed by atoms with Crippen LogP contribution in [0, 0.1) is 5.92 Å². The van der Waals surface area contributed by atoms with Crippen molar-refractivity contribution in [2.45, 2.75) is 43.4 Å². The predicted octanol–water partition coefficient (Wildman–Crippen LogP) is 3.08. The number of anilines is 1. The van der Waals surface area contributed by atoms with Gasteiger partial charge < -0.3 is 19.9 Å². The van der Waals surface area contributed by atoms with Crippen LogP contribution in [0.1, 0.15) is 49.0 Å². The van der Waals surface area contributed by atoms with Crippen LogP contribution in [-0.2, 0) is 14.8 Å². The third kappa shape index (κ3) is 5.28. The van der Waals surface area contributed by atoms with Crippen LogP contribution in [0.4, 0.5) is 5.69 Å². The van der Waals surface area contributed by atoms with Gasteiger partial charge in [-0.15, -0.1) is 0 Å². The van der Waals surface area contributed by atoms with Gasteiger partial charge in [-0.2, -0.15) is 4.31 Å². The first-order chi connectivity index (χ1) is 16.4. The minimum absolute atomic E-state index is 0.0523. The Hall–Kier alpha value is -2.85. The number of carbonyl (C=O) groups is 2. The Morgan fingerprint density at radius 1 is 1.06 bits per heavy atom. The number of aromatic amines is 1. The normalized spacial score (nSPS) is 19.9. The van der Waals surface area contributed by atoms with Gasteiger partial charge in [-0.05, 0) is 43.9 Å². The van der Waals surface area contributed by atoms with Gasteiger partial charge in [-0.25, -0.2) is 8.42 Å². The number of ether oxygens (including phenoxy) is 1. The molecule has 0 radical (unpaired) electrons. The number of amides is 2. The van der Waals surface area contributed by atoms with Crippen molar-refractivity contribution >= 4 is 27.5 Å². The van der Waals surface area contributed by atoms with E-state index >= 15 is 0 Å². The fraction of sp³-hybridized carbons (Fsp3) is 0.500. The van der Waals surface area contributed by atoms with Gasteiger partial charge in [0, 0.05) is 32.4 Å². The van der Waals surface area contributed by atoms with Crippen LogP contribution in [0.2, 0.25) is 0 Å². The molecule has 2 aliphatic heterocycles. The number of hydrogen-bond donors (Lipinski definition) is 2. The molecule has 0 saturated carbocycles. The number of aromatic nitrogens is 1. The molecule has 2 fully saturated rings. The summed E-state index contributed by atoms with van der Waals surface area (Å²) in [5, 5.41) is 2.86. The topological polar surface area (TPSA) is 112 Å². The molecule has 0 aliphatic carbocycles. The smallest absolute Gasteiger partial charge is 0.270 e. The van der Waals surface area contributed by atoms with Crippen molar-refractivity contribution in [2.75, 3.05) is 38.6 Å². The van der Waals surface area contributed by atoms with Crippen LogP contribution in [0.15, 0.2) is 41.4 Å². The Morgan fingerprint density at radius 3 is 2.53 bits per heavy atom. The highest BCUT2D eigenvalue weighted by Crippen LogP contribution is 2.28. The van der Waals surface area contributed by atoms with E-state index in [1.54, 1.807) is 23.1 Å². The van der Waals surface area contributed by atoms with Gasteiger partial charge in [0.15, 0.2) is 0 Å². The molecule has 34 heavy (non-hydrogen) atoms. The quantitative estimate of drug-likeness (QED) is 0.649. The molecule has 1 aromatic carbocycles. The number of para-hydroxylation sites is 2. The van der Waals surface area contributed by atoms with Gasteiger partial charge in [-0.3, -0.25) is 9.59 Å². The van der Waals surface area contributed by atoms with Crippen LogP contribution in [-0.4, -0.2) is 67.7 Å². The lowest BCUT2D eigenvalue weighted by Gasteiger charge is -2.31. The number of likely N-dealkylation sites (tertiary alicyclic amines) is 1. The first kappa shape index (κ1) is 24.3. The molecule has 2 aromatic rings. The highest BCUT2D eigenvalue weighted by atomic mass is 32.2. The SMILES string of the molecule is COc1ccccc1NC(=O)[C@@H]1CCCN(S(=O)(=O)c2c[nH]c(C(=O)N3CCCCCC3)c2)C1. The van der Waals surface area contributed by atoms with E-state index < -0.39 is 15.9 Å². The molecular weight excluding hydrogens is 456 g/mol. The molecule has 4 rings (SSSR count).